The number of benzene rings is 1. The van der Waals surface area contributed by atoms with Crippen LogP contribution in [0.3, 0.4) is 0 Å². The number of carboxylic acid groups (broad SMARTS) is 1. The van der Waals surface area contributed by atoms with Crippen molar-refractivity contribution in [2.75, 3.05) is 0 Å². The Balaban J connectivity index is 2.30. The summed E-state index contributed by atoms with van der Waals surface area (Å²) in [6, 6.07) is 7.68. The number of hydrogen-bond donors (Lipinski definition) is 3. The average Bonchev–Trinajstić information content (AvgIpc) is 2.89. The zero-order valence-corrected chi connectivity index (χ0v) is 12.4. The Morgan fingerprint density at radius 1 is 1.45 bits per heavy atom. The third-order valence-electron chi connectivity index (χ3n) is 3.05. The van der Waals surface area contributed by atoms with Crippen molar-refractivity contribution in [3.8, 4) is 11.3 Å². The third-order valence-corrected chi connectivity index (χ3v) is 3.58. The zero-order valence-electron chi connectivity index (χ0n) is 10.9. The van der Waals surface area contributed by atoms with Gasteiger partial charge in [-0.05, 0) is 18.6 Å². The predicted octanol–water partition coefficient (Wildman–Crippen LogP) is 3.44. The summed E-state index contributed by atoms with van der Waals surface area (Å²) in [4.78, 5) is 18.3. The van der Waals surface area contributed by atoms with Gasteiger partial charge in [-0.3, -0.25) is 5.41 Å². The summed E-state index contributed by atoms with van der Waals surface area (Å²) in [5.74, 6) is -1.21. The van der Waals surface area contributed by atoms with E-state index in [0.717, 1.165) is 15.7 Å². The third kappa shape index (κ3) is 2.96. The van der Waals surface area contributed by atoms with E-state index in [2.05, 4.69) is 25.9 Å². The fourth-order valence-corrected chi connectivity index (χ4v) is 2.23. The summed E-state index contributed by atoms with van der Waals surface area (Å²) >= 11 is 3.37. The Morgan fingerprint density at radius 2 is 2.10 bits per heavy atom. The maximum absolute atomic E-state index is 10.9. The Hall–Kier alpha value is -1.95. The van der Waals surface area contributed by atoms with E-state index in [1.807, 2.05) is 31.2 Å². The van der Waals surface area contributed by atoms with E-state index in [1.54, 1.807) is 6.20 Å². The lowest BCUT2D eigenvalue weighted by Crippen LogP contribution is -2.21. The summed E-state index contributed by atoms with van der Waals surface area (Å²) < 4.78 is 0.982. The van der Waals surface area contributed by atoms with Crippen LogP contribution in [-0.2, 0) is 4.79 Å². The Labute approximate surface area is 124 Å². The molecule has 2 aromatic rings. The second-order valence-corrected chi connectivity index (χ2v) is 5.27. The van der Waals surface area contributed by atoms with Crippen molar-refractivity contribution in [2.45, 2.75) is 19.3 Å². The number of aliphatic carboxylic acids is 1. The fraction of sp³-hybridized carbons (Fsp3) is 0.214. The summed E-state index contributed by atoms with van der Waals surface area (Å²) in [5.41, 5.74) is 1.33. The summed E-state index contributed by atoms with van der Waals surface area (Å²) in [5, 5.41) is 16.5. The monoisotopic (exact) mass is 335 g/mol. The van der Waals surface area contributed by atoms with E-state index in [1.165, 1.54) is 0 Å². The van der Waals surface area contributed by atoms with Crippen LogP contribution in [0.15, 0.2) is 34.9 Å². The summed E-state index contributed by atoms with van der Waals surface area (Å²) in [7, 11) is 0. The van der Waals surface area contributed by atoms with Crippen LogP contribution in [0, 0.1) is 5.41 Å². The highest BCUT2D eigenvalue weighted by molar-refractivity contribution is 9.10. The predicted molar refractivity (Wildman–Crippen MR) is 80.1 cm³/mol. The summed E-state index contributed by atoms with van der Waals surface area (Å²) in [6.07, 6.45) is 2.24. The Morgan fingerprint density at radius 3 is 2.65 bits per heavy atom. The van der Waals surface area contributed by atoms with E-state index in [0.29, 0.717) is 12.2 Å². The molecule has 0 bridgehead atoms. The molecule has 5 nitrogen and oxygen atoms in total. The quantitative estimate of drug-likeness (QED) is 0.731. The van der Waals surface area contributed by atoms with Crippen molar-refractivity contribution >= 4 is 27.6 Å². The molecule has 0 radical (unpaired) electrons. The highest BCUT2D eigenvalue weighted by atomic mass is 79.9. The van der Waals surface area contributed by atoms with Gasteiger partial charge in [-0.25, -0.2) is 9.78 Å². The molecule has 104 valence electrons. The molecule has 0 amide bonds. The van der Waals surface area contributed by atoms with Gasteiger partial charge in [0.2, 0.25) is 0 Å². The first-order valence-corrected chi connectivity index (χ1v) is 6.95. The van der Waals surface area contributed by atoms with Gasteiger partial charge in [0, 0.05) is 16.2 Å². The average molecular weight is 336 g/mol. The number of halogens is 1. The molecule has 0 fully saturated rings. The van der Waals surface area contributed by atoms with Crippen molar-refractivity contribution in [1.82, 2.24) is 9.97 Å². The molecule has 0 spiro atoms. The molecule has 1 atom stereocenters. The van der Waals surface area contributed by atoms with E-state index in [4.69, 9.17) is 10.5 Å². The van der Waals surface area contributed by atoms with Crippen LogP contribution >= 0.6 is 15.9 Å². The van der Waals surface area contributed by atoms with Crippen molar-refractivity contribution < 1.29 is 9.90 Å². The number of aromatic nitrogens is 2. The number of nitrogens with zero attached hydrogens (tertiary/aromatic N) is 1. The van der Waals surface area contributed by atoms with Gasteiger partial charge in [0.15, 0.2) is 0 Å². The molecule has 20 heavy (non-hydrogen) atoms. The number of hydrogen-bond acceptors (Lipinski definition) is 3. The molecule has 6 heteroatoms. The number of carboxylic acids is 1. The van der Waals surface area contributed by atoms with Crippen molar-refractivity contribution in [3.05, 3.63) is 40.8 Å². The number of carbonyl (C=O) groups is 1. The molecular weight excluding hydrogens is 322 g/mol. The van der Waals surface area contributed by atoms with Crippen LogP contribution in [0.25, 0.3) is 11.3 Å². The van der Waals surface area contributed by atoms with E-state index in [9.17, 15) is 4.79 Å². The minimum atomic E-state index is -1.21. The molecule has 0 aliphatic rings. The smallest absolute Gasteiger partial charge is 0.350 e. The lowest BCUT2D eigenvalue weighted by Gasteiger charge is -2.09. The number of imidazole rings is 1. The van der Waals surface area contributed by atoms with Gasteiger partial charge in [-0.1, -0.05) is 35.0 Å². The molecule has 0 unspecified atom stereocenters. The minimum Gasteiger partial charge on any atom is -0.477 e. The van der Waals surface area contributed by atoms with Crippen LogP contribution < -0.4 is 0 Å². The lowest BCUT2D eigenvalue weighted by atomic mass is 10.00. The number of aromatic amines is 1. The summed E-state index contributed by atoms with van der Waals surface area (Å²) in [6.45, 7) is 1.84. The molecule has 3 N–H and O–H groups in total. The minimum absolute atomic E-state index is 0.343. The fourth-order valence-electron chi connectivity index (χ4n) is 1.97. The molecular formula is C14H14BrN3O2. The van der Waals surface area contributed by atoms with Crippen LogP contribution in [0.5, 0.6) is 0 Å². The standard InChI is InChI=1S/C14H14BrN3O2/c1-2-10(12(16)14(19)20)13-17-7-11(18-13)8-3-5-9(15)6-4-8/h3-7,10,16H,2H2,1H3,(H,17,18)(H,19,20)/t10-/m0/s1. The molecule has 0 saturated heterocycles. The lowest BCUT2D eigenvalue weighted by molar-refractivity contribution is -0.129. The van der Waals surface area contributed by atoms with E-state index in [-0.39, 0.29) is 5.71 Å². The maximum atomic E-state index is 10.9. The molecule has 1 heterocycles. The van der Waals surface area contributed by atoms with Crippen molar-refractivity contribution in [3.63, 3.8) is 0 Å². The number of H-pyrrole nitrogens is 1. The van der Waals surface area contributed by atoms with Gasteiger partial charge in [-0.2, -0.15) is 0 Å². The van der Waals surface area contributed by atoms with Gasteiger partial charge in [-0.15, -0.1) is 0 Å². The highest BCUT2D eigenvalue weighted by Gasteiger charge is 2.23. The van der Waals surface area contributed by atoms with Gasteiger partial charge in [0.25, 0.3) is 0 Å². The molecule has 1 aromatic carbocycles. The normalized spacial score (nSPS) is 12.1. The molecule has 2 rings (SSSR count). The first kappa shape index (κ1) is 14.5. The Kier molecular flexibility index (Phi) is 4.34. The maximum Gasteiger partial charge on any atom is 0.350 e. The van der Waals surface area contributed by atoms with Crippen LogP contribution in [-0.4, -0.2) is 26.8 Å². The first-order valence-electron chi connectivity index (χ1n) is 6.16. The van der Waals surface area contributed by atoms with Crippen LogP contribution in [0.4, 0.5) is 0 Å². The molecule has 0 saturated carbocycles. The topological polar surface area (TPSA) is 89.8 Å². The van der Waals surface area contributed by atoms with E-state index >= 15 is 0 Å². The molecule has 0 aliphatic carbocycles. The van der Waals surface area contributed by atoms with E-state index < -0.39 is 11.9 Å². The zero-order chi connectivity index (χ0) is 14.7. The SMILES string of the molecule is CC[C@@H](C(=N)C(=O)O)c1nc(-c2ccc(Br)cc2)c[nH]1. The molecule has 0 aliphatic heterocycles. The highest BCUT2D eigenvalue weighted by Crippen LogP contribution is 2.24. The number of nitrogens with one attached hydrogen (secondary N) is 2. The van der Waals surface area contributed by atoms with Gasteiger partial charge < -0.3 is 10.1 Å². The Bertz CT molecular complexity index is 634. The van der Waals surface area contributed by atoms with Gasteiger partial charge in [0.05, 0.1) is 11.6 Å². The first-order chi connectivity index (χ1) is 9.52. The van der Waals surface area contributed by atoms with Gasteiger partial charge in [0.1, 0.15) is 11.5 Å². The molecule has 1 aromatic heterocycles. The van der Waals surface area contributed by atoms with Crippen LogP contribution in [0.1, 0.15) is 25.1 Å². The second kappa shape index (κ2) is 6.00. The van der Waals surface area contributed by atoms with Gasteiger partial charge >= 0.3 is 5.97 Å². The van der Waals surface area contributed by atoms with Crippen LogP contribution in [0.2, 0.25) is 0 Å². The largest absolute Gasteiger partial charge is 0.477 e. The van der Waals surface area contributed by atoms with Crippen molar-refractivity contribution in [1.29, 1.82) is 5.41 Å². The second-order valence-electron chi connectivity index (χ2n) is 4.36. The van der Waals surface area contributed by atoms with Crippen molar-refractivity contribution in [2.24, 2.45) is 0 Å². The number of rotatable bonds is 5.